The minimum Gasteiger partial charge on any atom is -0.478 e. The van der Waals surface area contributed by atoms with Crippen molar-refractivity contribution in [3.8, 4) is 0 Å². The van der Waals surface area contributed by atoms with Gasteiger partial charge < -0.3 is 14.7 Å². The second-order valence-electron chi connectivity index (χ2n) is 4.69. The summed E-state index contributed by atoms with van der Waals surface area (Å²) in [6, 6.07) is 7.96. The molecule has 0 radical (unpaired) electrons. The second-order valence-corrected chi connectivity index (χ2v) is 4.69. The zero-order chi connectivity index (χ0) is 13.7. The smallest absolute Gasteiger partial charge is 0.328 e. The van der Waals surface area contributed by atoms with Crippen molar-refractivity contribution in [2.75, 3.05) is 25.1 Å². The predicted molar refractivity (Wildman–Crippen MR) is 75.4 cm³/mol. The SMILES string of the molecule is COC1CCN(c2ccc(/C=C/C(=O)O)cc2)CC1. The van der Waals surface area contributed by atoms with Crippen molar-refractivity contribution in [2.45, 2.75) is 18.9 Å². The van der Waals surface area contributed by atoms with Gasteiger partial charge in [0.15, 0.2) is 0 Å². The van der Waals surface area contributed by atoms with Gasteiger partial charge in [0, 0.05) is 32.0 Å². The lowest BCUT2D eigenvalue weighted by Crippen LogP contribution is -2.36. The maximum atomic E-state index is 10.4. The fourth-order valence-electron chi connectivity index (χ4n) is 2.31. The monoisotopic (exact) mass is 261 g/mol. The lowest BCUT2D eigenvalue weighted by Gasteiger charge is -2.33. The fraction of sp³-hybridized carbons (Fsp3) is 0.400. The molecule has 4 nitrogen and oxygen atoms in total. The number of aliphatic carboxylic acids is 1. The number of hydrogen-bond donors (Lipinski definition) is 1. The Morgan fingerprint density at radius 3 is 2.47 bits per heavy atom. The van der Waals surface area contributed by atoms with E-state index in [4.69, 9.17) is 9.84 Å². The van der Waals surface area contributed by atoms with Crippen molar-refractivity contribution >= 4 is 17.7 Å². The molecule has 0 spiro atoms. The van der Waals surface area contributed by atoms with Gasteiger partial charge in [-0.1, -0.05) is 12.1 Å². The van der Waals surface area contributed by atoms with E-state index < -0.39 is 5.97 Å². The van der Waals surface area contributed by atoms with Gasteiger partial charge in [-0.15, -0.1) is 0 Å². The molecule has 0 unspecified atom stereocenters. The molecule has 1 fully saturated rings. The van der Waals surface area contributed by atoms with Crippen LogP contribution in [0.2, 0.25) is 0 Å². The Balaban J connectivity index is 1.97. The number of benzene rings is 1. The Hall–Kier alpha value is -1.81. The van der Waals surface area contributed by atoms with Gasteiger partial charge in [-0.05, 0) is 36.6 Å². The van der Waals surface area contributed by atoms with E-state index in [-0.39, 0.29) is 0 Å². The van der Waals surface area contributed by atoms with E-state index in [0.717, 1.165) is 37.6 Å². The summed E-state index contributed by atoms with van der Waals surface area (Å²) in [5.41, 5.74) is 2.08. The van der Waals surface area contributed by atoms with Crippen LogP contribution in [-0.4, -0.2) is 37.4 Å². The molecule has 0 atom stereocenters. The molecule has 0 aliphatic carbocycles. The Morgan fingerprint density at radius 1 is 1.32 bits per heavy atom. The molecule has 0 bridgehead atoms. The van der Waals surface area contributed by atoms with E-state index in [2.05, 4.69) is 4.90 Å². The number of piperidine rings is 1. The number of nitrogens with zero attached hydrogens (tertiary/aromatic N) is 1. The second kappa shape index (κ2) is 6.38. The number of methoxy groups -OCH3 is 1. The molecule has 4 heteroatoms. The van der Waals surface area contributed by atoms with Crippen molar-refractivity contribution in [3.05, 3.63) is 35.9 Å². The lowest BCUT2D eigenvalue weighted by molar-refractivity contribution is -0.131. The summed E-state index contributed by atoms with van der Waals surface area (Å²) in [6.07, 6.45) is 5.24. The van der Waals surface area contributed by atoms with E-state index in [0.29, 0.717) is 6.10 Å². The summed E-state index contributed by atoms with van der Waals surface area (Å²) in [6.45, 7) is 2.01. The highest BCUT2D eigenvalue weighted by Gasteiger charge is 2.18. The fourth-order valence-corrected chi connectivity index (χ4v) is 2.31. The summed E-state index contributed by atoms with van der Waals surface area (Å²) in [5.74, 6) is -0.925. The quantitative estimate of drug-likeness (QED) is 0.846. The molecule has 1 N–H and O–H groups in total. The molecule has 1 saturated heterocycles. The van der Waals surface area contributed by atoms with Crippen LogP contribution >= 0.6 is 0 Å². The van der Waals surface area contributed by atoms with Crippen molar-refractivity contribution in [1.82, 2.24) is 0 Å². The van der Waals surface area contributed by atoms with Gasteiger partial charge in [-0.25, -0.2) is 4.79 Å². The van der Waals surface area contributed by atoms with Crippen molar-refractivity contribution in [3.63, 3.8) is 0 Å². The number of hydrogen-bond acceptors (Lipinski definition) is 3. The summed E-state index contributed by atoms with van der Waals surface area (Å²) in [5, 5.41) is 8.57. The number of carbonyl (C=O) groups is 1. The number of ether oxygens (including phenoxy) is 1. The molecule has 2 rings (SSSR count). The normalized spacial score (nSPS) is 17.0. The van der Waals surface area contributed by atoms with Crippen molar-refractivity contribution in [1.29, 1.82) is 0 Å². The molecule has 1 aromatic rings. The largest absolute Gasteiger partial charge is 0.478 e. The molecular weight excluding hydrogens is 242 g/mol. The Labute approximate surface area is 113 Å². The van der Waals surface area contributed by atoms with Crippen LogP contribution in [0.1, 0.15) is 18.4 Å². The molecule has 1 aliphatic heterocycles. The number of anilines is 1. The van der Waals surface area contributed by atoms with Gasteiger partial charge in [0.2, 0.25) is 0 Å². The van der Waals surface area contributed by atoms with Crippen molar-refractivity contribution < 1.29 is 14.6 Å². The Kier molecular flexibility index (Phi) is 4.58. The van der Waals surface area contributed by atoms with Crippen molar-refractivity contribution in [2.24, 2.45) is 0 Å². The lowest BCUT2D eigenvalue weighted by atomic mass is 10.1. The third kappa shape index (κ3) is 3.83. The first kappa shape index (κ1) is 13.6. The first-order valence-corrected chi connectivity index (χ1v) is 6.48. The van der Waals surface area contributed by atoms with Crippen LogP contribution in [-0.2, 0) is 9.53 Å². The van der Waals surface area contributed by atoms with Crippen LogP contribution in [0.3, 0.4) is 0 Å². The van der Waals surface area contributed by atoms with Gasteiger partial charge in [0.25, 0.3) is 0 Å². The van der Waals surface area contributed by atoms with Crippen LogP contribution in [0.4, 0.5) is 5.69 Å². The van der Waals surface area contributed by atoms with E-state index in [1.54, 1.807) is 13.2 Å². The topological polar surface area (TPSA) is 49.8 Å². The zero-order valence-electron chi connectivity index (χ0n) is 11.1. The van der Waals surface area contributed by atoms with E-state index in [9.17, 15) is 4.79 Å². The van der Waals surface area contributed by atoms with Crippen LogP contribution in [0.5, 0.6) is 0 Å². The molecule has 19 heavy (non-hydrogen) atoms. The van der Waals surface area contributed by atoms with Gasteiger partial charge in [-0.3, -0.25) is 0 Å². The summed E-state index contributed by atoms with van der Waals surface area (Å²) >= 11 is 0. The van der Waals surface area contributed by atoms with Gasteiger partial charge >= 0.3 is 5.97 Å². The Bertz CT molecular complexity index is 445. The summed E-state index contributed by atoms with van der Waals surface area (Å²) < 4.78 is 5.36. The molecule has 102 valence electrons. The van der Waals surface area contributed by atoms with E-state index >= 15 is 0 Å². The highest BCUT2D eigenvalue weighted by molar-refractivity contribution is 5.85. The van der Waals surface area contributed by atoms with Crippen LogP contribution in [0.15, 0.2) is 30.3 Å². The predicted octanol–water partition coefficient (Wildman–Crippen LogP) is 2.40. The molecule has 0 saturated carbocycles. The summed E-state index contributed by atoms with van der Waals surface area (Å²) in [7, 11) is 1.77. The molecule has 0 amide bonds. The maximum absolute atomic E-state index is 10.4. The maximum Gasteiger partial charge on any atom is 0.328 e. The molecule has 1 aromatic carbocycles. The van der Waals surface area contributed by atoms with Crippen LogP contribution in [0, 0.1) is 0 Å². The number of rotatable bonds is 4. The Morgan fingerprint density at radius 2 is 1.95 bits per heavy atom. The molecule has 1 aliphatic rings. The number of carboxylic acids is 1. The highest BCUT2D eigenvalue weighted by atomic mass is 16.5. The standard InChI is InChI=1S/C15H19NO3/c1-19-14-8-10-16(11-9-14)13-5-2-12(3-6-13)4-7-15(17)18/h2-7,14H,8-11H2,1H3,(H,17,18)/b7-4+. The summed E-state index contributed by atoms with van der Waals surface area (Å²) in [4.78, 5) is 12.8. The van der Waals surface area contributed by atoms with Crippen LogP contribution in [0.25, 0.3) is 6.08 Å². The van der Waals surface area contributed by atoms with Gasteiger partial charge in [0.1, 0.15) is 0 Å². The van der Waals surface area contributed by atoms with Gasteiger partial charge in [-0.2, -0.15) is 0 Å². The highest BCUT2D eigenvalue weighted by Crippen LogP contribution is 2.21. The third-order valence-electron chi connectivity index (χ3n) is 3.45. The molecule has 1 heterocycles. The van der Waals surface area contributed by atoms with E-state index in [1.807, 2.05) is 24.3 Å². The first-order valence-electron chi connectivity index (χ1n) is 6.48. The minimum atomic E-state index is -0.925. The van der Waals surface area contributed by atoms with Crippen LogP contribution < -0.4 is 4.90 Å². The minimum absolute atomic E-state index is 0.383. The molecule has 0 aromatic heterocycles. The third-order valence-corrected chi connectivity index (χ3v) is 3.45. The first-order chi connectivity index (χ1) is 9.19. The number of carboxylic acid groups (broad SMARTS) is 1. The zero-order valence-corrected chi connectivity index (χ0v) is 11.1. The molecular formula is C15H19NO3. The average Bonchev–Trinajstić information content (AvgIpc) is 2.46. The van der Waals surface area contributed by atoms with E-state index in [1.165, 1.54) is 5.69 Å². The van der Waals surface area contributed by atoms with Gasteiger partial charge in [0.05, 0.1) is 6.10 Å². The average molecular weight is 261 g/mol.